The van der Waals surface area contributed by atoms with E-state index in [0.29, 0.717) is 13.1 Å². The number of hydrogen-bond donors (Lipinski definition) is 1. The first-order valence-corrected chi connectivity index (χ1v) is 7.26. The third-order valence-corrected chi connectivity index (χ3v) is 3.48. The van der Waals surface area contributed by atoms with Crippen LogP contribution in [0.15, 0.2) is 48.8 Å². The number of halogens is 1. The zero-order chi connectivity index (χ0) is 16.7. The van der Waals surface area contributed by atoms with Crippen LogP contribution in [0.3, 0.4) is 0 Å². The lowest BCUT2D eigenvalue weighted by Crippen LogP contribution is -2.39. The van der Waals surface area contributed by atoms with Crippen LogP contribution in [0.5, 0.6) is 0 Å². The summed E-state index contributed by atoms with van der Waals surface area (Å²) in [7, 11) is 3.27. The maximum Gasteiger partial charge on any atom is 0.317 e. The summed E-state index contributed by atoms with van der Waals surface area (Å²) in [4.78, 5) is 17.7. The number of nitrogens with one attached hydrogen (secondary N) is 1. The normalized spacial score (nSPS) is 11.8. The molecular formula is C17H20FN3O2. The number of hydrogen-bond acceptors (Lipinski definition) is 3. The molecule has 2 rings (SSSR count). The second-order valence-corrected chi connectivity index (χ2v) is 5.17. The van der Waals surface area contributed by atoms with Gasteiger partial charge >= 0.3 is 6.03 Å². The lowest BCUT2D eigenvalue weighted by molar-refractivity contribution is 0.102. The Morgan fingerprint density at radius 2 is 1.91 bits per heavy atom. The molecule has 6 heteroatoms. The quantitative estimate of drug-likeness (QED) is 0.891. The highest BCUT2D eigenvalue weighted by Crippen LogP contribution is 2.16. The van der Waals surface area contributed by atoms with Gasteiger partial charge in [0.05, 0.1) is 6.10 Å². The second-order valence-electron chi connectivity index (χ2n) is 5.17. The number of urea groups is 1. The van der Waals surface area contributed by atoms with E-state index < -0.39 is 0 Å². The molecule has 0 aliphatic heterocycles. The van der Waals surface area contributed by atoms with Crippen LogP contribution in [0.2, 0.25) is 0 Å². The first-order valence-electron chi connectivity index (χ1n) is 7.26. The molecule has 0 aliphatic carbocycles. The molecule has 0 spiro atoms. The van der Waals surface area contributed by atoms with Gasteiger partial charge in [-0.05, 0) is 35.4 Å². The molecule has 0 bridgehead atoms. The minimum atomic E-state index is -0.325. The number of methoxy groups -OCH3 is 1. The molecule has 1 heterocycles. The van der Waals surface area contributed by atoms with E-state index in [9.17, 15) is 9.18 Å². The van der Waals surface area contributed by atoms with Crippen molar-refractivity contribution in [3.05, 3.63) is 65.7 Å². The molecule has 0 saturated heterocycles. The summed E-state index contributed by atoms with van der Waals surface area (Å²) in [6.45, 7) is 0.796. The van der Waals surface area contributed by atoms with Crippen LogP contribution in [0.1, 0.15) is 17.2 Å². The Morgan fingerprint density at radius 3 is 2.52 bits per heavy atom. The van der Waals surface area contributed by atoms with Crippen molar-refractivity contribution >= 4 is 6.03 Å². The van der Waals surface area contributed by atoms with Crippen molar-refractivity contribution in [1.29, 1.82) is 0 Å². The number of nitrogens with zero attached hydrogens (tertiary/aromatic N) is 2. The molecule has 1 aromatic heterocycles. The van der Waals surface area contributed by atoms with E-state index in [0.717, 1.165) is 11.1 Å². The van der Waals surface area contributed by atoms with E-state index in [1.807, 2.05) is 12.1 Å². The van der Waals surface area contributed by atoms with Crippen molar-refractivity contribution in [1.82, 2.24) is 15.2 Å². The zero-order valence-electron chi connectivity index (χ0n) is 13.2. The van der Waals surface area contributed by atoms with Gasteiger partial charge in [-0.15, -0.1) is 0 Å². The maximum atomic E-state index is 13.0. The number of ether oxygens (including phenoxy) is 1. The predicted molar refractivity (Wildman–Crippen MR) is 85.3 cm³/mol. The fraction of sp³-hybridized carbons (Fsp3) is 0.294. The Balaban J connectivity index is 1.87. The first-order chi connectivity index (χ1) is 11.1. The van der Waals surface area contributed by atoms with Crippen LogP contribution in [-0.2, 0) is 11.3 Å². The Kier molecular flexibility index (Phi) is 6.05. The molecule has 122 valence electrons. The fourth-order valence-electron chi connectivity index (χ4n) is 2.16. The van der Waals surface area contributed by atoms with Gasteiger partial charge in [-0.1, -0.05) is 12.1 Å². The number of rotatable bonds is 6. The standard InChI is InChI=1S/C17H20FN3O2/c1-21(12-13-7-9-19-10-8-13)17(22)20-11-16(23-2)14-3-5-15(18)6-4-14/h3-10,16H,11-12H2,1-2H3,(H,20,22)/t16-/m0/s1. The maximum absolute atomic E-state index is 13.0. The molecule has 0 unspecified atom stereocenters. The van der Waals surface area contributed by atoms with E-state index in [4.69, 9.17) is 4.74 Å². The van der Waals surface area contributed by atoms with Gasteiger partial charge in [0.1, 0.15) is 5.82 Å². The van der Waals surface area contributed by atoms with Crippen molar-refractivity contribution in [2.24, 2.45) is 0 Å². The molecule has 2 amide bonds. The average Bonchev–Trinajstić information content (AvgIpc) is 2.57. The molecule has 0 fully saturated rings. The van der Waals surface area contributed by atoms with E-state index >= 15 is 0 Å². The fourth-order valence-corrected chi connectivity index (χ4v) is 2.16. The van der Waals surface area contributed by atoms with Crippen LogP contribution >= 0.6 is 0 Å². The molecule has 0 radical (unpaired) electrons. The number of pyridine rings is 1. The largest absolute Gasteiger partial charge is 0.375 e. The zero-order valence-corrected chi connectivity index (χ0v) is 13.2. The summed E-state index contributed by atoms with van der Waals surface area (Å²) < 4.78 is 18.3. The number of benzene rings is 1. The third kappa shape index (κ3) is 5.03. The van der Waals surface area contributed by atoms with Crippen LogP contribution in [0.4, 0.5) is 9.18 Å². The summed E-state index contributed by atoms with van der Waals surface area (Å²) in [6, 6.07) is 9.57. The number of aromatic nitrogens is 1. The first kappa shape index (κ1) is 16.9. The molecule has 0 saturated carbocycles. The highest BCUT2D eigenvalue weighted by molar-refractivity contribution is 5.73. The molecule has 1 N–H and O–H groups in total. The van der Waals surface area contributed by atoms with Crippen molar-refractivity contribution < 1.29 is 13.9 Å². The Labute approximate surface area is 135 Å². The summed E-state index contributed by atoms with van der Waals surface area (Å²) in [5.74, 6) is -0.301. The minimum Gasteiger partial charge on any atom is -0.375 e. The lowest BCUT2D eigenvalue weighted by atomic mass is 10.1. The van der Waals surface area contributed by atoms with Crippen molar-refractivity contribution in [3.8, 4) is 0 Å². The van der Waals surface area contributed by atoms with Crippen molar-refractivity contribution in [2.45, 2.75) is 12.6 Å². The molecule has 5 nitrogen and oxygen atoms in total. The number of carbonyl (C=O) groups is 1. The Hall–Kier alpha value is -2.47. The van der Waals surface area contributed by atoms with E-state index in [2.05, 4.69) is 10.3 Å². The van der Waals surface area contributed by atoms with Gasteiger partial charge in [0.15, 0.2) is 0 Å². The van der Waals surface area contributed by atoms with E-state index in [1.54, 1.807) is 43.6 Å². The van der Waals surface area contributed by atoms with E-state index in [-0.39, 0.29) is 18.0 Å². The highest BCUT2D eigenvalue weighted by atomic mass is 19.1. The molecule has 2 aromatic rings. The monoisotopic (exact) mass is 317 g/mol. The van der Waals surface area contributed by atoms with Gasteiger partial charge in [-0.2, -0.15) is 0 Å². The van der Waals surface area contributed by atoms with Crippen molar-refractivity contribution in [2.75, 3.05) is 20.7 Å². The summed E-state index contributed by atoms with van der Waals surface area (Å²) in [5.41, 5.74) is 1.81. The van der Waals surface area contributed by atoms with Gasteiger partial charge in [0.25, 0.3) is 0 Å². The van der Waals surface area contributed by atoms with E-state index in [1.165, 1.54) is 12.1 Å². The molecule has 1 aromatic carbocycles. The van der Waals surface area contributed by atoms with Crippen molar-refractivity contribution in [3.63, 3.8) is 0 Å². The topological polar surface area (TPSA) is 54.5 Å². The number of carbonyl (C=O) groups excluding carboxylic acids is 1. The van der Waals surface area contributed by atoms with Gasteiger partial charge in [0, 0.05) is 39.6 Å². The smallest absolute Gasteiger partial charge is 0.317 e. The highest BCUT2D eigenvalue weighted by Gasteiger charge is 2.14. The Morgan fingerprint density at radius 1 is 1.26 bits per heavy atom. The minimum absolute atomic E-state index is 0.203. The Bertz CT molecular complexity index is 619. The van der Waals surface area contributed by atoms with Gasteiger partial charge in [0.2, 0.25) is 0 Å². The molecule has 0 aliphatic rings. The summed E-state index contributed by atoms with van der Waals surface area (Å²) in [5, 5.41) is 2.82. The summed E-state index contributed by atoms with van der Waals surface area (Å²) >= 11 is 0. The third-order valence-electron chi connectivity index (χ3n) is 3.48. The summed E-state index contributed by atoms with van der Waals surface area (Å²) in [6.07, 6.45) is 3.06. The van der Waals surface area contributed by atoms with Gasteiger partial charge in [-0.25, -0.2) is 9.18 Å². The average molecular weight is 317 g/mol. The molecule has 23 heavy (non-hydrogen) atoms. The molecule has 1 atom stereocenters. The van der Waals surface area contributed by atoms with Crippen LogP contribution in [0, 0.1) is 5.82 Å². The van der Waals surface area contributed by atoms with Crippen LogP contribution in [0.25, 0.3) is 0 Å². The SMILES string of the molecule is CO[C@@H](CNC(=O)N(C)Cc1ccncc1)c1ccc(F)cc1. The van der Waals surface area contributed by atoms with Crippen LogP contribution in [-0.4, -0.2) is 36.6 Å². The molecular weight excluding hydrogens is 297 g/mol. The van der Waals surface area contributed by atoms with Crippen LogP contribution < -0.4 is 5.32 Å². The lowest BCUT2D eigenvalue weighted by Gasteiger charge is -2.21. The predicted octanol–water partition coefficient (Wildman–Crippen LogP) is 2.75. The second kappa shape index (κ2) is 8.24. The number of amides is 2. The van der Waals surface area contributed by atoms with Gasteiger partial charge in [-0.3, -0.25) is 4.98 Å². The van der Waals surface area contributed by atoms with Gasteiger partial charge < -0.3 is 15.0 Å².